The minimum absolute atomic E-state index is 0.204. The van der Waals surface area contributed by atoms with Gasteiger partial charge in [0.05, 0.1) is 23.3 Å². The van der Waals surface area contributed by atoms with E-state index in [1.54, 1.807) is 19.2 Å². The molecule has 1 saturated carbocycles. The molecule has 2 aromatic heterocycles. The van der Waals surface area contributed by atoms with E-state index in [4.69, 9.17) is 0 Å². The third kappa shape index (κ3) is 2.66. The molecular weight excluding hydrogens is 305 g/mol. The molecule has 2 heterocycles. The summed E-state index contributed by atoms with van der Waals surface area (Å²) in [5.74, 6) is 0.202. The SMILES string of the molecule is Cc1cc(-c2cnc3ccn(C/C(=N/O)C4CC4)c3c2)ccc1F. The van der Waals surface area contributed by atoms with Crippen LogP contribution in [0.25, 0.3) is 22.2 Å². The van der Waals surface area contributed by atoms with Crippen LogP contribution < -0.4 is 0 Å². The van der Waals surface area contributed by atoms with Gasteiger partial charge in [0, 0.05) is 23.9 Å². The number of benzene rings is 1. The number of oxime groups is 1. The fraction of sp³-hybridized carbons (Fsp3) is 0.263. The molecule has 4 rings (SSSR count). The predicted molar refractivity (Wildman–Crippen MR) is 91.8 cm³/mol. The molecule has 0 saturated heterocycles. The fourth-order valence-corrected chi connectivity index (χ4v) is 3.02. The van der Waals surface area contributed by atoms with Gasteiger partial charge >= 0.3 is 0 Å². The van der Waals surface area contributed by atoms with Crippen LogP contribution in [0.1, 0.15) is 18.4 Å². The minimum Gasteiger partial charge on any atom is -0.411 e. The summed E-state index contributed by atoms with van der Waals surface area (Å²) in [6.45, 7) is 2.32. The van der Waals surface area contributed by atoms with E-state index < -0.39 is 0 Å². The highest BCUT2D eigenvalue weighted by Crippen LogP contribution is 2.32. The number of aryl methyl sites for hydroxylation is 1. The summed E-state index contributed by atoms with van der Waals surface area (Å²) in [5, 5.41) is 12.7. The van der Waals surface area contributed by atoms with Crippen molar-refractivity contribution in [3.8, 4) is 11.1 Å². The van der Waals surface area contributed by atoms with Gasteiger partial charge in [0.25, 0.3) is 0 Å². The van der Waals surface area contributed by atoms with Crippen LogP contribution in [0.15, 0.2) is 47.9 Å². The molecule has 24 heavy (non-hydrogen) atoms. The van der Waals surface area contributed by atoms with Crippen LogP contribution in [0.2, 0.25) is 0 Å². The molecular formula is C19H18FN3O. The maximum absolute atomic E-state index is 13.5. The number of halogens is 1. The molecule has 122 valence electrons. The highest BCUT2D eigenvalue weighted by molar-refractivity contribution is 5.90. The number of hydrogen-bond donors (Lipinski definition) is 1. The zero-order valence-corrected chi connectivity index (χ0v) is 13.4. The summed E-state index contributed by atoms with van der Waals surface area (Å²) < 4.78 is 15.5. The largest absolute Gasteiger partial charge is 0.411 e. The lowest BCUT2D eigenvalue weighted by Gasteiger charge is -2.08. The monoisotopic (exact) mass is 323 g/mol. The summed E-state index contributed by atoms with van der Waals surface area (Å²) in [4.78, 5) is 4.51. The predicted octanol–water partition coefficient (Wildman–Crippen LogP) is 4.39. The molecule has 0 aliphatic heterocycles. The van der Waals surface area contributed by atoms with Crippen LogP contribution in [0.3, 0.4) is 0 Å². The van der Waals surface area contributed by atoms with Crippen LogP contribution in [0.4, 0.5) is 4.39 Å². The molecule has 3 aromatic rings. The van der Waals surface area contributed by atoms with Gasteiger partial charge in [0.2, 0.25) is 0 Å². The number of aromatic nitrogens is 2. The van der Waals surface area contributed by atoms with Crippen LogP contribution in [0, 0.1) is 18.7 Å². The normalized spacial score (nSPS) is 15.2. The van der Waals surface area contributed by atoms with Crippen LogP contribution in [0.5, 0.6) is 0 Å². The highest BCUT2D eigenvalue weighted by atomic mass is 19.1. The average molecular weight is 323 g/mol. The van der Waals surface area contributed by atoms with E-state index in [0.717, 1.165) is 40.7 Å². The third-order valence-electron chi connectivity index (χ3n) is 4.62. The van der Waals surface area contributed by atoms with Crippen LogP contribution >= 0.6 is 0 Å². The van der Waals surface area contributed by atoms with E-state index >= 15 is 0 Å². The topological polar surface area (TPSA) is 50.4 Å². The van der Waals surface area contributed by atoms with Crippen molar-refractivity contribution < 1.29 is 9.60 Å². The van der Waals surface area contributed by atoms with Crippen molar-refractivity contribution in [1.82, 2.24) is 9.55 Å². The van der Waals surface area contributed by atoms with E-state index in [-0.39, 0.29) is 5.82 Å². The fourth-order valence-electron chi connectivity index (χ4n) is 3.02. The van der Waals surface area contributed by atoms with E-state index in [1.807, 2.05) is 18.3 Å². The Labute approximate surface area is 139 Å². The van der Waals surface area contributed by atoms with Crippen molar-refractivity contribution in [2.45, 2.75) is 26.3 Å². The molecule has 0 radical (unpaired) electrons. The van der Waals surface area contributed by atoms with Crippen LogP contribution in [-0.4, -0.2) is 20.5 Å². The molecule has 0 bridgehead atoms. The van der Waals surface area contributed by atoms with Crippen molar-refractivity contribution in [3.05, 3.63) is 54.1 Å². The molecule has 0 unspecified atom stereocenters. The summed E-state index contributed by atoms with van der Waals surface area (Å²) in [7, 11) is 0. The Kier molecular flexibility index (Phi) is 3.56. The number of hydrogen-bond acceptors (Lipinski definition) is 3. The number of rotatable bonds is 4. The van der Waals surface area contributed by atoms with Gasteiger partial charge in [-0.2, -0.15) is 0 Å². The first-order chi connectivity index (χ1) is 11.7. The molecule has 1 aliphatic rings. The summed E-state index contributed by atoms with van der Waals surface area (Å²) >= 11 is 0. The third-order valence-corrected chi connectivity index (χ3v) is 4.62. The van der Waals surface area contributed by atoms with Crippen molar-refractivity contribution in [3.63, 3.8) is 0 Å². The van der Waals surface area contributed by atoms with E-state index in [0.29, 0.717) is 18.0 Å². The molecule has 0 atom stereocenters. The van der Waals surface area contributed by atoms with Gasteiger partial charge in [0.15, 0.2) is 0 Å². The van der Waals surface area contributed by atoms with E-state index in [9.17, 15) is 9.60 Å². The molecule has 1 N–H and O–H groups in total. The molecule has 1 aromatic carbocycles. The Morgan fingerprint density at radius 2 is 2.12 bits per heavy atom. The Morgan fingerprint density at radius 3 is 2.83 bits per heavy atom. The molecule has 0 amide bonds. The zero-order chi connectivity index (χ0) is 16.7. The van der Waals surface area contributed by atoms with Gasteiger partial charge in [-0.15, -0.1) is 0 Å². The first-order valence-corrected chi connectivity index (χ1v) is 8.08. The van der Waals surface area contributed by atoms with Gasteiger partial charge in [-0.3, -0.25) is 4.98 Å². The molecule has 4 nitrogen and oxygen atoms in total. The first-order valence-electron chi connectivity index (χ1n) is 8.08. The number of pyridine rings is 1. The molecule has 1 fully saturated rings. The second kappa shape index (κ2) is 5.74. The Morgan fingerprint density at radius 1 is 1.29 bits per heavy atom. The maximum Gasteiger partial charge on any atom is 0.126 e. The van der Waals surface area contributed by atoms with Gasteiger partial charge in [-0.25, -0.2) is 4.39 Å². The quantitative estimate of drug-likeness (QED) is 0.440. The van der Waals surface area contributed by atoms with Gasteiger partial charge in [0.1, 0.15) is 5.82 Å². The van der Waals surface area contributed by atoms with Crippen molar-refractivity contribution in [1.29, 1.82) is 0 Å². The Hall–Kier alpha value is -2.69. The van der Waals surface area contributed by atoms with Crippen molar-refractivity contribution in [2.24, 2.45) is 11.1 Å². The lowest BCUT2D eigenvalue weighted by atomic mass is 10.0. The highest BCUT2D eigenvalue weighted by Gasteiger charge is 2.28. The second-order valence-electron chi connectivity index (χ2n) is 6.40. The smallest absolute Gasteiger partial charge is 0.126 e. The Balaban J connectivity index is 1.73. The summed E-state index contributed by atoms with van der Waals surface area (Å²) in [6.07, 6.45) is 5.96. The first kappa shape index (κ1) is 14.9. The van der Waals surface area contributed by atoms with Gasteiger partial charge < -0.3 is 9.77 Å². The lowest BCUT2D eigenvalue weighted by Crippen LogP contribution is -2.11. The molecule has 1 aliphatic carbocycles. The molecule has 0 spiro atoms. The summed E-state index contributed by atoms with van der Waals surface area (Å²) in [6, 6.07) is 9.09. The number of nitrogens with zero attached hydrogens (tertiary/aromatic N) is 3. The lowest BCUT2D eigenvalue weighted by molar-refractivity contribution is 0.315. The summed E-state index contributed by atoms with van der Waals surface area (Å²) in [5.41, 5.74) is 5.19. The standard InChI is InChI=1S/C19H18FN3O/c1-12-8-14(4-5-16(12)20)15-9-19-17(21-10-15)6-7-23(19)11-18(22-24)13-2-3-13/h4-10,13,24H,2-3,11H2,1H3/b22-18-. The zero-order valence-electron chi connectivity index (χ0n) is 13.4. The van der Waals surface area contributed by atoms with Crippen LogP contribution in [-0.2, 0) is 6.54 Å². The average Bonchev–Trinajstić information content (AvgIpc) is 3.36. The van der Waals surface area contributed by atoms with E-state index in [2.05, 4.69) is 20.8 Å². The van der Waals surface area contributed by atoms with E-state index in [1.165, 1.54) is 6.07 Å². The van der Waals surface area contributed by atoms with Gasteiger partial charge in [-0.05, 0) is 55.2 Å². The Bertz CT molecular complexity index is 941. The minimum atomic E-state index is -0.204. The van der Waals surface area contributed by atoms with Crippen molar-refractivity contribution >= 4 is 16.7 Å². The van der Waals surface area contributed by atoms with Crippen molar-refractivity contribution in [2.75, 3.05) is 0 Å². The maximum atomic E-state index is 13.5. The number of fused-ring (bicyclic) bond motifs is 1. The molecule has 5 heteroatoms. The van der Waals surface area contributed by atoms with Gasteiger partial charge in [-0.1, -0.05) is 11.2 Å². The second-order valence-corrected chi connectivity index (χ2v) is 6.40.